The SMILES string of the molecule is CCCc1nn(C)c(C(N)=O)c1NC(=O)c1cc(CN2CC(C)NC(C)C2)ccc1OCC. The molecule has 1 aromatic heterocycles. The standard InChI is InChI=1S/C24H36N6O3/c1-6-8-19-21(22(23(25)31)29(5)28-19)27-24(32)18-11-17(9-10-20(18)33-7-2)14-30-12-15(3)26-16(4)13-30/h9-11,15-16,26H,6-8,12-14H2,1-5H3,(H2,25,31)(H,27,32). The predicted molar refractivity (Wildman–Crippen MR) is 129 cm³/mol. The zero-order chi connectivity index (χ0) is 24.1. The summed E-state index contributed by atoms with van der Waals surface area (Å²) in [5.74, 6) is -0.485. The summed E-state index contributed by atoms with van der Waals surface area (Å²) in [6.07, 6.45) is 1.44. The number of primary amides is 1. The van der Waals surface area contributed by atoms with Gasteiger partial charge in [-0.15, -0.1) is 0 Å². The van der Waals surface area contributed by atoms with Crippen LogP contribution in [0.2, 0.25) is 0 Å². The number of hydrogen-bond donors (Lipinski definition) is 3. The van der Waals surface area contributed by atoms with Gasteiger partial charge in [-0.3, -0.25) is 19.2 Å². The van der Waals surface area contributed by atoms with Crippen LogP contribution in [0.25, 0.3) is 0 Å². The molecule has 0 aliphatic carbocycles. The number of carbonyl (C=O) groups is 2. The zero-order valence-corrected chi connectivity index (χ0v) is 20.3. The summed E-state index contributed by atoms with van der Waals surface area (Å²) in [6, 6.07) is 6.54. The quantitative estimate of drug-likeness (QED) is 0.533. The molecule has 2 unspecified atom stereocenters. The Morgan fingerprint density at radius 2 is 1.94 bits per heavy atom. The number of ether oxygens (including phenoxy) is 1. The van der Waals surface area contributed by atoms with Crippen molar-refractivity contribution in [1.82, 2.24) is 20.0 Å². The van der Waals surface area contributed by atoms with Crippen LogP contribution in [-0.2, 0) is 20.0 Å². The second-order valence-corrected chi connectivity index (χ2v) is 8.79. The van der Waals surface area contributed by atoms with Crippen molar-refractivity contribution in [2.45, 2.75) is 59.2 Å². The van der Waals surface area contributed by atoms with Gasteiger partial charge in [-0.1, -0.05) is 19.4 Å². The van der Waals surface area contributed by atoms with Gasteiger partial charge in [-0.25, -0.2) is 0 Å². The number of aromatic nitrogens is 2. The van der Waals surface area contributed by atoms with Crippen molar-refractivity contribution < 1.29 is 14.3 Å². The number of benzene rings is 1. The van der Waals surface area contributed by atoms with Gasteiger partial charge in [0.2, 0.25) is 0 Å². The zero-order valence-electron chi connectivity index (χ0n) is 20.3. The highest BCUT2D eigenvalue weighted by atomic mass is 16.5. The normalized spacial score (nSPS) is 18.8. The van der Waals surface area contributed by atoms with Crippen molar-refractivity contribution in [1.29, 1.82) is 0 Å². The molecule has 0 bridgehead atoms. The molecule has 0 radical (unpaired) electrons. The first-order valence-electron chi connectivity index (χ1n) is 11.6. The Kier molecular flexibility index (Phi) is 8.10. The maximum Gasteiger partial charge on any atom is 0.269 e. The molecule has 0 saturated carbocycles. The Morgan fingerprint density at radius 1 is 1.24 bits per heavy atom. The monoisotopic (exact) mass is 456 g/mol. The maximum absolute atomic E-state index is 13.4. The number of piperazine rings is 1. The van der Waals surface area contributed by atoms with E-state index in [9.17, 15) is 9.59 Å². The molecule has 33 heavy (non-hydrogen) atoms. The Hall–Kier alpha value is -2.91. The second kappa shape index (κ2) is 10.8. The van der Waals surface area contributed by atoms with E-state index in [4.69, 9.17) is 10.5 Å². The Labute approximate surface area is 195 Å². The van der Waals surface area contributed by atoms with Crippen LogP contribution in [0.5, 0.6) is 5.75 Å². The van der Waals surface area contributed by atoms with Crippen molar-refractivity contribution in [3.8, 4) is 5.75 Å². The number of rotatable bonds is 9. The van der Waals surface area contributed by atoms with E-state index in [1.54, 1.807) is 7.05 Å². The van der Waals surface area contributed by atoms with Crippen LogP contribution in [0.15, 0.2) is 18.2 Å². The van der Waals surface area contributed by atoms with E-state index in [-0.39, 0.29) is 11.6 Å². The number of nitrogens with zero attached hydrogens (tertiary/aromatic N) is 3. The summed E-state index contributed by atoms with van der Waals surface area (Å²) in [6.45, 7) is 11.3. The molecule has 1 saturated heterocycles. The van der Waals surface area contributed by atoms with Gasteiger partial charge in [0.15, 0.2) is 0 Å². The number of hydrogen-bond acceptors (Lipinski definition) is 6. The van der Waals surface area contributed by atoms with Crippen LogP contribution in [0.1, 0.15) is 66.2 Å². The van der Waals surface area contributed by atoms with E-state index in [1.165, 1.54) is 4.68 Å². The van der Waals surface area contributed by atoms with Crippen molar-refractivity contribution in [3.05, 3.63) is 40.7 Å². The number of nitrogens with one attached hydrogen (secondary N) is 2. The molecular weight excluding hydrogens is 420 g/mol. The van der Waals surface area contributed by atoms with Crippen LogP contribution < -0.4 is 21.1 Å². The Balaban J connectivity index is 1.90. The van der Waals surface area contributed by atoms with Gasteiger partial charge in [-0.05, 0) is 44.9 Å². The van der Waals surface area contributed by atoms with Gasteiger partial charge in [0.1, 0.15) is 11.4 Å². The summed E-state index contributed by atoms with van der Waals surface area (Å²) >= 11 is 0. The first kappa shape index (κ1) is 24.7. The number of aryl methyl sites for hydroxylation is 2. The van der Waals surface area contributed by atoms with E-state index in [1.807, 2.05) is 32.0 Å². The number of nitrogens with two attached hydrogens (primary N) is 1. The lowest BCUT2D eigenvalue weighted by atomic mass is 10.1. The highest BCUT2D eigenvalue weighted by Crippen LogP contribution is 2.26. The molecule has 3 rings (SSSR count). The number of carbonyl (C=O) groups excluding carboxylic acids is 2. The first-order valence-corrected chi connectivity index (χ1v) is 11.6. The van der Waals surface area contributed by atoms with Crippen molar-refractivity contribution in [3.63, 3.8) is 0 Å². The third-order valence-corrected chi connectivity index (χ3v) is 5.71. The van der Waals surface area contributed by atoms with Gasteiger partial charge in [0.05, 0.1) is 23.6 Å². The summed E-state index contributed by atoms with van der Waals surface area (Å²) in [4.78, 5) is 27.8. The van der Waals surface area contributed by atoms with E-state index in [0.717, 1.165) is 31.6 Å². The van der Waals surface area contributed by atoms with E-state index in [0.29, 0.717) is 47.8 Å². The Bertz CT molecular complexity index is 992. The molecule has 0 spiro atoms. The van der Waals surface area contributed by atoms with Crippen LogP contribution in [-0.4, -0.2) is 58.3 Å². The second-order valence-electron chi connectivity index (χ2n) is 8.79. The van der Waals surface area contributed by atoms with Gasteiger partial charge in [-0.2, -0.15) is 5.10 Å². The molecule has 1 fully saturated rings. The lowest BCUT2D eigenvalue weighted by Gasteiger charge is -2.36. The molecule has 2 atom stereocenters. The van der Waals surface area contributed by atoms with E-state index in [2.05, 4.69) is 34.5 Å². The first-order chi connectivity index (χ1) is 15.7. The lowest BCUT2D eigenvalue weighted by Crippen LogP contribution is -2.53. The highest BCUT2D eigenvalue weighted by Gasteiger charge is 2.25. The molecule has 9 nitrogen and oxygen atoms in total. The molecular formula is C24H36N6O3. The van der Waals surface area contributed by atoms with E-state index < -0.39 is 5.91 Å². The molecule has 9 heteroatoms. The third-order valence-electron chi connectivity index (χ3n) is 5.71. The minimum atomic E-state index is -0.636. The third kappa shape index (κ3) is 5.91. The maximum atomic E-state index is 13.4. The minimum Gasteiger partial charge on any atom is -0.493 e. The fourth-order valence-corrected chi connectivity index (χ4v) is 4.55. The summed E-state index contributed by atoms with van der Waals surface area (Å²) < 4.78 is 7.16. The topological polar surface area (TPSA) is 115 Å². The van der Waals surface area contributed by atoms with E-state index >= 15 is 0 Å². The summed E-state index contributed by atoms with van der Waals surface area (Å²) in [5, 5.41) is 10.8. The van der Waals surface area contributed by atoms with Crippen molar-refractivity contribution in [2.24, 2.45) is 12.8 Å². The van der Waals surface area contributed by atoms with Gasteiger partial charge in [0, 0.05) is 38.8 Å². The molecule has 2 heterocycles. The number of amides is 2. The highest BCUT2D eigenvalue weighted by molar-refractivity contribution is 6.10. The largest absolute Gasteiger partial charge is 0.493 e. The smallest absolute Gasteiger partial charge is 0.269 e. The average Bonchev–Trinajstić information content (AvgIpc) is 3.03. The molecule has 4 N–H and O–H groups in total. The molecule has 1 aliphatic heterocycles. The predicted octanol–water partition coefficient (Wildman–Crippen LogP) is 2.30. The van der Waals surface area contributed by atoms with Crippen LogP contribution in [0.3, 0.4) is 0 Å². The fraction of sp³-hybridized carbons (Fsp3) is 0.542. The average molecular weight is 457 g/mol. The van der Waals surface area contributed by atoms with Crippen molar-refractivity contribution >= 4 is 17.5 Å². The van der Waals surface area contributed by atoms with Crippen LogP contribution in [0, 0.1) is 0 Å². The van der Waals surface area contributed by atoms with Crippen molar-refractivity contribution in [2.75, 3.05) is 25.0 Å². The molecule has 2 aromatic rings. The number of anilines is 1. The van der Waals surface area contributed by atoms with Gasteiger partial charge < -0.3 is 21.1 Å². The lowest BCUT2D eigenvalue weighted by molar-refractivity contribution is 0.0992. The molecule has 180 valence electrons. The van der Waals surface area contributed by atoms with Crippen LogP contribution >= 0.6 is 0 Å². The fourth-order valence-electron chi connectivity index (χ4n) is 4.55. The summed E-state index contributed by atoms with van der Waals surface area (Å²) in [5.41, 5.74) is 8.23. The molecule has 2 amide bonds. The van der Waals surface area contributed by atoms with Crippen LogP contribution in [0.4, 0.5) is 5.69 Å². The Morgan fingerprint density at radius 3 is 2.55 bits per heavy atom. The molecule has 1 aliphatic rings. The van der Waals surface area contributed by atoms with Gasteiger partial charge in [0.25, 0.3) is 11.8 Å². The molecule has 1 aromatic carbocycles. The van der Waals surface area contributed by atoms with Gasteiger partial charge >= 0.3 is 0 Å². The summed E-state index contributed by atoms with van der Waals surface area (Å²) in [7, 11) is 1.65. The minimum absolute atomic E-state index is 0.185.